The third-order valence-electron chi connectivity index (χ3n) is 2.81. The monoisotopic (exact) mass is 304 g/mol. The molecule has 21 heavy (non-hydrogen) atoms. The molecule has 0 aliphatic heterocycles. The SMILES string of the molecule is Cc1ccc(OCc2ccc(F)c(C#CCO)c2)c(Cl)c1. The van der Waals surface area contributed by atoms with Crippen LogP contribution in [0.25, 0.3) is 0 Å². The van der Waals surface area contributed by atoms with Crippen LogP contribution in [0.4, 0.5) is 4.39 Å². The molecule has 2 nitrogen and oxygen atoms in total. The Labute approximate surface area is 128 Å². The van der Waals surface area contributed by atoms with Crippen LogP contribution < -0.4 is 4.74 Å². The number of hydrogen-bond donors (Lipinski definition) is 1. The van der Waals surface area contributed by atoms with Crippen LogP contribution in [0.2, 0.25) is 5.02 Å². The largest absolute Gasteiger partial charge is 0.487 e. The van der Waals surface area contributed by atoms with Crippen LogP contribution in [0, 0.1) is 24.6 Å². The fraction of sp³-hybridized carbons (Fsp3) is 0.176. The van der Waals surface area contributed by atoms with E-state index in [1.165, 1.54) is 6.07 Å². The lowest BCUT2D eigenvalue weighted by molar-refractivity contribution is 0.306. The molecule has 4 heteroatoms. The molecule has 0 amide bonds. The van der Waals surface area contributed by atoms with Crippen LogP contribution in [0.3, 0.4) is 0 Å². The van der Waals surface area contributed by atoms with E-state index >= 15 is 0 Å². The summed E-state index contributed by atoms with van der Waals surface area (Å²) in [5.41, 5.74) is 2.06. The predicted octanol–water partition coefficient (Wildman–Crippen LogP) is 3.71. The smallest absolute Gasteiger partial charge is 0.138 e. The van der Waals surface area contributed by atoms with Crippen molar-refractivity contribution in [3.8, 4) is 17.6 Å². The normalized spacial score (nSPS) is 9.90. The van der Waals surface area contributed by atoms with Gasteiger partial charge in [0.2, 0.25) is 0 Å². The zero-order chi connectivity index (χ0) is 15.2. The Morgan fingerprint density at radius 1 is 1.24 bits per heavy atom. The molecule has 0 saturated carbocycles. The highest BCUT2D eigenvalue weighted by atomic mass is 35.5. The van der Waals surface area contributed by atoms with Gasteiger partial charge in [-0.15, -0.1) is 0 Å². The van der Waals surface area contributed by atoms with Crippen LogP contribution in [0.15, 0.2) is 36.4 Å². The van der Waals surface area contributed by atoms with Crippen molar-refractivity contribution in [2.75, 3.05) is 6.61 Å². The van der Waals surface area contributed by atoms with E-state index in [2.05, 4.69) is 11.8 Å². The Balaban J connectivity index is 2.13. The summed E-state index contributed by atoms with van der Waals surface area (Å²) in [6.07, 6.45) is 0. The van der Waals surface area contributed by atoms with E-state index in [1.807, 2.05) is 19.1 Å². The highest BCUT2D eigenvalue weighted by molar-refractivity contribution is 6.32. The summed E-state index contributed by atoms with van der Waals surface area (Å²) in [6, 6.07) is 10.1. The van der Waals surface area contributed by atoms with Crippen LogP contribution in [0.5, 0.6) is 5.75 Å². The summed E-state index contributed by atoms with van der Waals surface area (Å²) in [6.45, 7) is 1.90. The molecule has 2 aromatic carbocycles. The molecule has 0 saturated heterocycles. The molecule has 2 rings (SSSR count). The zero-order valence-corrected chi connectivity index (χ0v) is 12.2. The Morgan fingerprint density at radius 2 is 2.05 bits per heavy atom. The minimum atomic E-state index is -0.423. The molecule has 2 aromatic rings. The highest BCUT2D eigenvalue weighted by Crippen LogP contribution is 2.26. The molecule has 0 spiro atoms. The van der Waals surface area contributed by atoms with Crippen LogP contribution in [-0.4, -0.2) is 11.7 Å². The Hall–Kier alpha value is -2.02. The fourth-order valence-corrected chi connectivity index (χ4v) is 2.07. The minimum Gasteiger partial charge on any atom is -0.487 e. The molecule has 0 bridgehead atoms. The average Bonchev–Trinajstić information content (AvgIpc) is 2.46. The van der Waals surface area contributed by atoms with Gasteiger partial charge < -0.3 is 9.84 Å². The molecule has 0 aliphatic rings. The van der Waals surface area contributed by atoms with Crippen molar-refractivity contribution >= 4 is 11.6 Å². The first-order chi connectivity index (χ1) is 10.1. The van der Waals surface area contributed by atoms with E-state index in [0.717, 1.165) is 11.1 Å². The second-order valence-corrected chi connectivity index (χ2v) is 4.90. The van der Waals surface area contributed by atoms with Gasteiger partial charge in [-0.25, -0.2) is 4.39 Å². The highest BCUT2D eigenvalue weighted by Gasteiger charge is 2.05. The number of halogens is 2. The molecular formula is C17H14ClFO2. The number of aliphatic hydroxyl groups is 1. The lowest BCUT2D eigenvalue weighted by Gasteiger charge is -2.09. The maximum atomic E-state index is 13.5. The second kappa shape index (κ2) is 7.12. The summed E-state index contributed by atoms with van der Waals surface area (Å²) in [7, 11) is 0. The molecule has 1 N–H and O–H groups in total. The maximum Gasteiger partial charge on any atom is 0.138 e. The van der Waals surface area contributed by atoms with Gasteiger partial charge in [0.15, 0.2) is 0 Å². The lowest BCUT2D eigenvalue weighted by atomic mass is 10.1. The van der Waals surface area contributed by atoms with Gasteiger partial charge in [-0.1, -0.05) is 35.6 Å². The third kappa shape index (κ3) is 4.22. The van der Waals surface area contributed by atoms with Crippen LogP contribution in [-0.2, 0) is 6.61 Å². The number of aliphatic hydroxyl groups excluding tert-OH is 1. The lowest BCUT2D eigenvalue weighted by Crippen LogP contribution is -1.98. The van der Waals surface area contributed by atoms with Crippen molar-refractivity contribution < 1.29 is 14.2 Å². The van der Waals surface area contributed by atoms with E-state index in [9.17, 15) is 4.39 Å². The molecule has 0 unspecified atom stereocenters. The number of benzene rings is 2. The first-order valence-electron chi connectivity index (χ1n) is 6.37. The standard InChI is InChI=1S/C17H14ClFO2/c1-12-4-7-17(15(18)9-12)21-11-13-5-6-16(19)14(10-13)3-2-8-20/h4-7,9-10,20H,8,11H2,1H3. The Morgan fingerprint density at radius 3 is 2.76 bits per heavy atom. The van der Waals surface area contributed by atoms with Crippen molar-refractivity contribution in [3.05, 3.63) is 63.9 Å². The quantitative estimate of drug-likeness (QED) is 0.876. The molecule has 0 heterocycles. The van der Waals surface area contributed by atoms with E-state index < -0.39 is 5.82 Å². The molecule has 0 aliphatic carbocycles. The van der Waals surface area contributed by atoms with Gasteiger partial charge in [-0.05, 0) is 42.3 Å². The fourth-order valence-electron chi connectivity index (χ4n) is 1.78. The first-order valence-corrected chi connectivity index (χ1v) is 6.75. The van der Waals surface area contributed by atoms with Gasteiger partial charge in [-0.2, -0.15) is 0 Å². The van der Waals surface area contributed by atoms with Crippen molar-refractivity contribution in [2.24, 2.45) is 0 Å². The topological polar surface area (TPSA) is 29.5 Å². The summed E-state index contributed by atoms with van der Waals surface area (Å²) < 4.78 is 19.1. The summed E-state index contributed by atoms with van der Waals surface area (Å²) >= 11 is 6.09. The zero-order valence-electron chi connectivity index (χ0n) is 11.5. The average molecular weight is 305 g/mol. The minimum absolute atomic E-state index is 0.236. The van der Waals surface area contributed by atoms with Gasteiger partial charge in [-0.3, -0.25) is 0 Å². The van der Waals surface area contributed by atoms with E-state index in [4.69, 9.17) is 21.4 Å². The van der Waals surface area contributed by atoms with Crippen molar-refractivity contribution in [1.82, 2.24) is 0 Å². The van der Waals surface area contributed by atoms with E-state index in [0.29, 0.717) is 10.8 Å². The number of hydrogen-bond acceptors (Lipinski definition) is 2. The summed E-state index contributed by atoms with van der Waals surface area (Å²) in [5, 5.41) is 9.20. The molecule has 0 radical (unpaired) electrons. The number of rotatable bonds is 3. The predicted molar refractivity (Wildman–Crippen MR) is 80.9 cm³/mol. The maximum absolute atomic E-state index is 13.5. The summed E-state index contributed by atoms with van der Waals surface area (Å²) in [5.74, 6) is 5.14. The molecule has 0 atom stereocenters. The van der Waals surface area contributed by atoms with Gasteiger partial charge in [0.1, 0.15) is 24.8 Å². The Kier molecular flexibility index (Phi) is 5.21. The van der Waals surface area contributed by atoms with Gasteiger partial charge in [0.25, 0.3) is 0 Å². The van der Waals surface area contributed by atoms with E-state index in [-0.39, 0.29) is 18.8 Å². The third-order valence-corrected chi connectivity index (χ3v) is 3.11. The van der Waals surface area contributed by atoms with Gasteiger partial charge in [0.05, 0.1) is 10.6 Å². The van der Waals surface area contributed by atoms with Gasteiger partial charge in [0, 0.05) is 0 Å². The number of ether oxygens (including phenoxy) is 1. The summed E-state index contributed by atoms with van der Waals surface area (Å²) in [4.78, 5) is 0. The van der Waals surface area contributed by atoms with Crippen LogP contribution >= 0.6 is 11.6 Å². The van der Waals surface area contributed by atoms with Crippen molar-refractivity contribution in [1.29, 1.82) is 0 Å². The van der Waals surface area contributed by atoms with Crippen molar-refractivity contribution in [2.45, 2.75) is 13.5 Å². The number of aryl methyl sites for hydroxylation is 1. The first kappa shape index (κ1) is 15.4. The Bertz CT molecular complexity index is 702. The van der Waals surface area contributed by atoms with E-state index in [1.54, 1.807) is 18.2 Å². The molecular weight excluding hydrogens is 291 g/mol. The molecule has 108 valence electrons. The molecule has 0 fully saturated rings. The van der Waals surface area contributed by atoms with Gasteiger partial charge >= 0.3 is 0 Å². The van der Waals surface area contributed by atoms with Crippen molar-refractivity contribution in [3.63, 3.8) is 0 Å². The second-order valence-electron chi connectivity index (χ2n) is 4.50. The van der Waals surface area contributed by atoms with Crippen LogP contribution in [0.1, 0.15) is 16.7 Å². The molecule has 0 aromatic heterocycles.